The average molecular weight is 302 g/mol. The fourth-order valence-corrected chi connectivity index (χ4v) is 3.36. The van der Waals surface area contributed by atoms with E-state index in [-0.39, 0.29) is 11.8 Å². The predicted octanol–water partition coefficient (Wildman–Crippen LogP) is 1.94. The monoisotopic (exact) mass is 302 g/mol. The molecule has 1 saturated carbocycles. The number of nitrogens with zero attached hydrogens (tertiary/aromatic N) is 2. The van der Waals surface area contributed by atoms with Crippen LogP contribution in [-0.2, 0) is 4.79 Å². The van der Waals surface area contributed by atoms with Gasteiger partial charge in [0.1, 0.15) is 0 Å². The van der Waals surface area contributed by atoms with Gasteiger partial charge >= 0.3 is 5.97 Å². The van der Waals surface area contributed by atoms with E-state index in [1.165, 1.54) is 0 Å². The van der Waals surface area contributed by atoms with Gasteiger partial charge in [0.25, 0.3) is 5.91 Å². The second-order valence-electron chi connectivity index (χ2n) is 6.60. The van der Waals surface area contributed by atoms with Crippen LogP contribution in [0.2, 0.25) is 0 Å². The first-order valence-corrected chi connectivity index (χ1v) is 7.77. The summed E-state index contributed by atoms with van der Waals surface area (Å²) in [5, 5.41) is 9.40. The first-order valence-electron chi connectivity index (χ1n) is 7.77. The number of likely N-dealkylation sites (tertiary alicyclic amines) is 1. The molecule has 2 unspecified atom stereocenters. The number of carboxylic acid groups (broad SMARTS) is 1. The van der Waals surface area contributed by atoms with Crippen LogP contribution in [-0.4, -0.2) is 49.1 Å². The highest BCUT2D eigenvalue weighted by molar-refractivity contribution is 5.95. The number of hydrogen-bond donors (Lipinski definition) is 1. The van der Waals surface area contributed by atoms with Crippen LogP contribution in [0, 0.1) is 17.8 Å². The van der Waals surface area contributed by atoms with Gasteiger partial charge in [-0.2, -0.15) is 0 Å². The van der Waals surface area contributed by atoms with Crippen LogP contribution in [0.15, 0.2) is 24.3 Å². The van der Waals surface area contributed by atoms with Crippen molar-refractivity contribution in [1.82, 2.24) is 4.90 Å². The summed E-state index contributed by atoms with van der Waals surface area (Å²) in [5.41, 5.74) is 1.60. The van der Waals surface area contributed by atoms with Crippen molar-refractivity contribution in [2.24, 2.45) is 17.8 Å². The molecule has 0 bridgehead atoms. The molecule has 5 nitrogen and oxygen atoms in total. The summed E-state index contributed by atoms with van der Waals surface area (Å²) < 4.78 is 0. The Labute approximate surface area is 130 Å². The highest BCUT2D eigenvalue weighted by Gasteiger charge is 2.46. The quantitative estimate of drug-likeness (QED) is 0.923. The molecule has 0 aromatic heterocycles. The Kier molecular flexibility index (Phi) is 3.81. The number of benzene rings is 1. The van der Waals surface area contributed by atoms with Crippen molar-refractivity contribution in [3.05, 3.63) is 29.8 Å². The van der Waals surface area contributed by atoms with Crippen molar-refractivity contribution in [1.29, 1.82) is 0 Å². The zero-order valence-electron chi connectivity index (χ0n) is 13.0. The molecule has 2 aliphatic rings. The highest BCUT2D eigenvalue weighted by Crippen LogP contribution is 2.44. The predicted molar refractivity (Wildman–Crippen MR) is 84.0 cm³/mol. The van der Waals surface area contributed by atoms with Gasteiger partial charge in [0.2, 0.25) is 0 Å². The molecule has 1 saturated heterocycles. The van der Waals surface area contributed by atoms with Gasteiger partial charge in [-0.05, 0) is 42.9 Å². The molecule has 1 aliphatic carbocycles. The van der Waals surface area contributed by atoms with Crippen LogP contribution >= 0.6 is 0 Å². The largest absolute Gasteiger partial charge is 0.481 e. The van der Waals surface area contributed by atoms with Crippen molar-refractivity contribution in [3.8, 4) is 0 Å². The van der Waals surface area contributed by atoms with Crippen LogP contribution in [0.5, 0.6) is 0 Å². The summed E-state index contributed by atoms with van der Waals surface area (Å²) in [6, 6.07) is 7.48. The maximum absolute atomic E-state index is 12.7. The molecule has 1 aromatic rings. The lowest BCUT2D eigenvalue weighted by molar-refractivity contribution is -0.142. The smallest absolute Gasteiger partial charge is 0.308 e. The Bertz CT molecular complexity index is 595. The number of carbonyl (C=O) groups excluding carboxylic acids is 1. The van der Waals surface area contributed by atoms with E-state index < -0.39 is 11.9 Å². The van der Waals surface area contributed by atoms with E-state index >= 15 is 0 Å². The fraction of sp³-hybridized carbons (Fsp3) is 0.529. The molecule has 2 atom stereocenters. The fourth-order valence-electron chi connectivity index (χ4n) is 3.36. The van der Waals surface area contributed by atoms with Gasteiger partial charge in [-0.15, -0.1) is 0 Å². The van der Waals surface area contributed by atoms with Gasteiger partial charge in [-0.3, -0.25) is 9.59 Å². The topological polar surface area (TPSA) is 60.9 Å². The Morgan fingerprint density at radius 3 is 2.55 bits per heavy atom. The van der Waals surface area contributed by atoms with Crippen molar-refractivity contribution >= 4 is 17.6 Å². The minimum absolute atomic E-state index is 0.0573. The SMILES string of the molecule is CN(C)c1cccc(C(=O)N2CC(C(=O)O)C(C3CC3)C2)c1. The molecule has 1 aliphatic heterocycles. The van der Waals surface area contributed by atoms with Crippen LogP contribution in [0.4, 0.5) is 5.69 Å². The highest BCUT2D eigenvalue weighted by atomic mass is 16.4. The number of rotatable bonds is 4. The normalized spacial score (nSPS) is 24.4. The number of anilines is 1. The van der Waals surface area contributed by atoms with Crippen molar-refractivity contribution < 1.29 is 14.7 Å². The minimum Gasteiger partial charge on any atom is -0.481 e. The first kappa shape index (κ1) is 14.9. The maximum Gasteiger partial charge on any atom is 0.308 e. The first-order chi connectivity index (χ1) is 10.5. The van der Waals surface area contributed by atoms with Gasteiger partial charge in [-0.25, -0.2) is 0 Å². The van der Waals surface area contributed by atoms with E-state index in [2.05, 4.69) is 0 Å². The molecule has 118 valence electrons. The second-order valence-corrected chi connectivity index (χ2v) is 6.60. The summed E-state index contributed by atoms with van der Waals surface area (Å²) in [5.74, 6) is -0.619. The number of carbonyl (C=O) groups is 2. The van der Waals surface area contributed by atoms with Crippen LogP contribution in [0.25, 0.3) is 0 Å². The Morgan fingerprint density at radius 1 is 1.23 bits per heavy atom. The number of amides is 1. The van der Waals surface area contributed by atoms with Gasteiger partial charge in [-0.1, -0.05) is 6.07 Å². The molecular weight excluding hydrogens is 280 g/mol. The summed E-state index contributed by atoms with van der Waals surface area (Å²) >= 11 is 0. The van der Waals surface area contributed by atoms with E-state index in [4.69, 9.17) is 0 Å². The lowest BCUT2D eigenvalue weighted by atomic mass is 9.92. The summed E-state index contributed by atoms with van der Waals surface area (Å²) in [6.07, 6.45) is 2.21. The molecule has 0 radical (unpaired) electrons. The third kappa shape index (κ3) is 2.80. The Morgan fingerprint density at radius 2 is 1.95 bits per heavy atom. The maximum atomic E-state index is 12.7. The van der Waals surface area contributed by atoms with E-state index in [1.807, 2.05) is 37.2 Å². The lowest BCUT2D eigenvalue weighted by Gasteiger charge is -2.18. The molecule has 0 spiro atoms. The number of aliphatic carboxylic acids is 1. The van der Waals surface area contributed by atoms with Crippen molar-refractivity contribution in [3.63, 3.8) is 0 Å². The number of carboxylic acids is 1. The molecule has 3 rings (SSSR count). The van der Waals surface area contributed by atoms with Gasteiger partial charge in [0, 0.05) is 38.4 Å². The average Bonchev–Trinajstić information content (AvgIpc) is 3.25. The molecule has 2 fully saturated rings. The molecule has 22 heavy (non-hydrogen) atoms. The molecule has 1 amide bonds. The van der Waals surface area contributed by atoms with E-state index in [0.717, 1.165) is 18.5 Å². The second kappa shape index (κ2) is 5.63. The standard InChI is InChI=1S/C17H22N2O3/c1-18(2)13-5-3-4-12(8-13)16(20)19-9-14(11-6-7-11)15(10-19)17(21)22/h3-5,8,11,14-15H,6-7,9-10H2,1-2H3,(H,21,22). The van der Waals surface area contributed by atoms with Crippen molar-refractivity contribution in [2.75, 3.05) is 32.1 Å². The summed E-state index contributed by atoms with van der Waals surface area (Å²) in [7, 11) is 3.87. The van der Waals surface area contributed by atoms with Crippen LogP contribution in [0.1, 0.15) is 23.2 Å². The van der Waals surface area contributed by atoms with E-state index in [0.29, 0.717) is 24.6 Å². The van der Waals surface area contributed by atoms with Crippen molar-refractivity contribution in [2.45, 2.75) is 12.8 Å². The third-order valence-corrected chi connectivity index (χ3v) is 4.81. The van der Waals surface area contributed by atoms with E-state index in [1.54, 1.807) is 11.0 Å². The zero-order valence-corrected chi connectivity index (χ0v) is 13.0. The lowest BCUT2D eigenvalue weighted by Crippen LogP contribution is -2.30. The van der Waals surface area contributed by atoms with Gasteiger partial charge < -0.3 is 14.9 Å². The molecular formula is C17H22N2O3. The summed E-state index contributed by atoms with van der Waals surface area (Å²) in [6.45, 7) is 0.911. The van der Waals surface area contributed by atoms with E-state index in [9.17, 15) is 14.7 Å². The Hall–Kier alpha value is -2.04. The minimum atomic E-state index is -0.769. The van der Waals surface area contributed by atoms with Crippen LogP contribution in [0.3, 0.4) is 0 Å². The van der Waals surface area contributed by atoms with Crippen LogP contribution < -0.4 is 4.90 Å². The van der Waals surface area contributed by atoms with Gasteiger partial charge in [0.15, 0.2) is 0 Å². The molecule has 1 N–H and O–H groups in total. The molecule has 5 heteroatoms. The summed E-state index contributed by atoms with van der Waals surface area (Å²) in [4.78, 5) is 27.8. The third-order valence-electron chi connectivity index (χ3n) is 4.81. The molecule has 1 heterocycles. The Balaban J connectivity index is 1.78. The number of hydrogen-bond acceptors (Lipinski definition) is 3. The zero-order chi connectivity index (χ0) is 15.9. The van der Waals surface area contributed by atoms with Gasteiger partial charge in [0.05, 0.1) is 5.92 Å². The molecule has 1 aromatic carbocycles.